The second-order valence-electron chi connectivity index (χ2n) is 8.18. The third-order valence-electron chi connectivity index (χ3n) is 6.12. The van der Waals surface area contributed by atoms with Crippen LogP contribution in [0.15, 0.2) is 30.3 Å². The van der Waals surface area contributed by atoms with Gasteiger partial charge in [0.05, 0.1) is 0 Å². The van der Waals surface area contributed by atoms with Crippen molar-refractivity contribution in [3.05, 3.63) is 35.9 Å². The summed E-state index contributed by atoms with van der Waals surface area (Å²) in [7, 11) is 2.20. The summed E-state index contributed by atoms with van der Waals surface area (Å²) < 4.78 is 0. The zero-order valence-electron chi connectivity index (χ0n) is 15.8. The van der Waals surface area contributed by atoms with Crippen molar-refractivity contribution in [3.63, 3.8) is 0 Å². The Morgan fingerprint density at radius 2 is 1.72 bits per heavy atom. The van der Waals surface area contributed by atoms with Crippen LogP contribution in [0.1, 0.15) is 50.5 Å². The van der Waals surface area contributed by atoms with Gasteiger partial charge in [0.2, 0.25) is 5.91 Å². The summed E-state index contributed by atoms with van der Waals surface area (Å²) in [6, 6.07) is 10.6. The van der Waals surface area contributed by atoms with Gasteiger partial charge in [0.25, 0.3) is 0 Å². The molecule has 138 valence electrons. The van der Waals surface area contributed by atoms with Crippen molar-refractivity contribution >= 4 is 5.91 Å². The van der Waals surface area contributed by atoms with Gasteiger partial charge >= 0.3 is 0 Å². The Balaban J connectivity index is 1.56. The third kappa shape index (κ3) is 5.85. The van der Waals surface area contributed by atoms with Crippen LogP contribution in [-0.2, 0) is 11.2 Å². The number of hydrogen-bond acceptors (Lipinski definition) is 2. The number of carbonyl (C=O) groups excluding carboxylic acids is 1. The molecular formula is C22H34N2O. The lowest BCUT2D eigenvalue weighted by molar-refractivity contribution is -0.133. The van der Waals surface area contributed by atoms with Crippen molar-refractivity contribution in [2.45, 2.75) is 51.4 Å². The Kier molecular flexibility index (Phi) is 6.92. The highest BCUT2D eigenvalue weighted by Crippen LogP contribution is 2.28. The second kappa shape index (κ2) is 9.38. The third-order valence-corrected chi connectivity index (χ3v) is 6.12. The van der Waals surface area contributed by atoms with Gasteiger partial charge in [-0.3, -0.25) is 4.79 Å². The van der Waals surface area contributed by atoms with Gasteiger partial charge in [-0.25, -0.2) is 0 Å². The molecule has 0 atom stereocenters. The molecule has 0 spiro atoms. The number of rotatable bonds is 7. The van der Waals surface area contributed by atoms with Crippen LogP contribution in [0, 0.1) is 11.8 Å². The molecule has 1 aromatic rings. The zero-order valence-corrected chi connectivity index (χ0v) is 15.8. The molecule has 3 nitrogen and oxygen atoms in total. The Bertz CT molecular complexity index is 516. The van der Waals surface area contributed by atoms with Crippen molar-refractivity contribution < 1.29 is 4.79 Å². The molecule has 0 aromatic heterocycles. The van der Waals surface area contributed by atoms with Gasteiger partial charge < -0.3 is 9.80 Å². The summed E-state index contributed by atoms with van der Waals surface area (Å²) in [5.74, 6) is 1.73. The van der Waals surface area contributed by atoms with E-state index in [9.17, 15) is 4.79 Å². The number of benzene rings is 1. The number of carbonyl (C=O) groups is 1. The smallest absolute Gasteiger partial charge is 0.222 e. The maximum atomic E-state index is 13.0. The highest BCUT2D eigenvalue weighted by molar-refractivity contribution is 5.76. The average Bonchev–Trinajstić information content (AvgIpc) is 3.14. The maximum Gasteiger partial charge on any atom is 0.222 e. The molecule has 0 bridgehead atoms. The zero-order chi connectivity index (χ0) is 17.5. The fourth-order valence-electron chi connectivity index (χ4n) is 4.37. The predicted octanol–water partition coefficient (Wildman–Crippen LogP) is 3.98. The summed E-state index contributed by atoms with van der Waals surface area (Å²) >= 11 is 0. The molecular weight excluding hydrogens is 308 g/mol. The van der Waals surface area contributed by atoms with Crippen molar-refractivity contribution in [2.24, 2.45) is 11.8 Å². The molecule has 3 heteroatoms. The van der Waals surface area contributed by atoms with Gasteiger partial charge in [0.1, 0.15) is 0 Å². The molecule has 1 aliphatic carbocycles. The first-order chi connectivity index (χ1) is 12.2. The van der Waals surface area contributed by atoms with E-state index in [-0.39, 0.29) is 0 Å². The first-order valence-corrected chi connectivity index (χ1v) is 10.2. The average molecular weight is 343 g/mol. The number of amides is 1. The van der Waals surface area contributed by atoms with E-state index in [0.717, 1.165) is 25.9 Å². The Morgan fingerprint density at radius 3 is 2.40 bits per heavy atom. The molecule has 1 aromatic carbocycles. The van der Waals surface area contributed by atoms with Gasteiger partial charge in [-0.1, -0.05) is 43.2 Å². The monoisotopic (exact) mass is 342 g/mol. The lowest BCUT2D eigenvalue weighted by Crippen LogP contribution is -2.41. The Morgan fingerprint density at radius 1 is 1.04 bits per heavy atom. The maximum absolute atomic E-state index is 13.0. The minimum absolute atomic E-state index is 0.404. The molecule has 1 amide bonds. The topological polar surface area (TPSA) is 23.6 Å². The quantitative estimate of drug-likeness (QED) is 0.748. The molecule has 1 heterocycles. The first-order valence-electron chi connectivity index (χ1n) is 10.2. The van der Waals surface area contributed by atoms with Crippen LogP contribution in [-0.4, -0.2) is 48.9 Å². The minimum Gasteiger partial charge on any atom is -0.342 e. The molecule has 0 N–H and O–H groups in total. The van der Waals surface area contributed by atoms with E-state index in [0.29, 0.717) is 17.7 Å². The standard InChI is InChI=1S/C22H34N2O/c1-23-14-11-21(12-15-23)18-24(16-13-19-7-3-2-4-8-19)22(25)17-20-9-5-6-10-20/h2-4,7-8,20-21H,5-6,9-18H2,1H3. The minimum atomic E-state index is 0.404. The van der Waals surface area contributed by atoms with E-state index in [1.165, 1.54) is 57.2 Å². The van der Waals surface area contributed by atoms with Crippen LogP contribution < -0.4 is 0 Å². The van der Waals surface area contributed by atoms with Crippen LogP contribution in [0.4, 0.5) is 0 Å². The van der Waals surface area contributed by atoms with Crippen molar-refractivity contribution in [2.75, 3.05) is 33.2 Å². The molecule has 2 fully saturated rings. The van der Waals surface area contributed by atoms with Crippen molar-refractivity contribution in [1.82, 2.24) is 9.80 Å². The normalized spacial score (nSPS) is 20.0. The number of piperidine rings is 1. The van der Waals surface area contributed by atoms with Crippen LogP contribution in [0.3, 0.4) is 0 Å². The lowest BCUT2D eigenvalue weighted by atomic mass is 9.95. The number of likely N-dealkylation sites (tertiary alicyclic amines) is 1. The molecule has 0 radical (unpaired) electrons. The van der Waals surface area contributed by atoms with E-state index in [4.69, 9.17) is 0 Å². The second-order valence-corrected chi connectivity index (χ2v) is 8.18. The molecule has 2 aliphatic rings. The fourth-order valence-corrected chi connectivity index (χ4v) is 4.37. The lowest BCUT2D eigenvalue weighted by Gasteiger charge is -2.33. The highest BCUT2D eigenvalue weighted by Gasteiger charge is 2.25. The number of nitrogens with zero attached hydrogens (tertiary/aromatic N) is 2. The summed E-state index contributed by atoms with van der Waals surface area (Å²) in [6.07, 6.45) is 9.36. The summed E-state index contributed by atoms with van der Waals surface area (Å²) in [5, 5.41) is 0. The van der Waals surface area contributed by atoms with E-state index in [1.54, 1.807) is 0 Å². The molecule has 3 rings (SSSR count). The van der Waals surface area contributed by atoms with Crippen molar-refractivity contribution in [1.29, 1.82) is 0 Å². The Hall–Kier alpha value is -1.35. The molecule has 1 saturated heterocycles. The summed E-state index contributed by atoms with van der Waals surface area (Å²) in [4.78, 5) is 17.6. The van der Waals surface area contributed by atoms with Crippen LogP contribution >= 0.6 is 0 Å². The summed E-state index contributed by atoms with van der Waals surface area (Å²) in [6.45, 7) is 4.19. The fraction of sp³-hybridized carbons (Fsp3) is 0.682. The molecule has 25 heavy (non-hydrogen) atoms. The van der Waals surface area contributed by atoms with Crippen LogP contribution in [0.25, 0.3) is 0 Å². The van der Waals surface area contributed by atoms with Gasteiger partial charge in [-0.05, 0) is 69.6 Å². The number of hydrogen-bond donors (Lipinski definition) is 0. The van der Waals surface area contributed by atoms with Gasteiger partial charge in [0, 0.05) is 19.5 Å². The Labute approximate surface area is 153 Å². The predicted molar refractivity (Wildman–Crippen MR) is 104 cm³/mol. The summed E-state index contributed by atoms with van der Waals surface area (Å²) in [5.41, 5.74) is 1.34. The molecule has 0 unspecified atom stereocenters. The van der Waals surface area contributed by atoms with E-state index >= 15 is 0 Å². The van der Waals surface area contributed by atoms with Gasteiger partial charge in [-0.2, -0.15) is 0 Å². The largest absolute Gasteiger partial charge is 0.342 e. The van der Waals surface area contributed by atoms with Gasteiger partial charge in [0.15, 0.2) is 0 Å². The first kappa shape index (κ1) is 18.4. The van der Waals surface area contributed by atoms with E-state index in [2.05, 4.69) is 47.2 Å². The molecule has 1 saturated carbocycles. The van der Waals surface area contributed by atoms with Crippen LogP contribution in [0.2, 0.25) is 0 Å². The van der Waals surface area contributed by atoms with Crippen LogP contribution in [0.5, 0.6) is 0 Å². The van der Waals surface area contributed by atoms with Gasteiger partial charge in [-0.15, -0.1) is 0 Å². The highest BCUT2D eigenvalue weighted by atomic mass is 16.2. The SMILES string of the molecule is CN1CCC(CN(CCc2ccccc2)C(=O)CC2CCCC2)CC1. The molecule has 1 aliphatic heterocycles. The van der Waals surface area contributed by atoms with Crippen molar-refractivity contribution in [3.8, 4) is 0 Å². The van der Waals surface area contributed by atoms with E-state index < -0.39 is 0 Å². The van der Waals surface area contributed by atoms with E-state index in [1.807, 2.05) is 0 Å².